The number of allylic oxidation sites excluding steroid dienone is 5. The van der Waals surface area contributed by atoms with Crippen molar-refractivity contribution in [3.8, 4) is 0 Å². The lowest BCUT2D eigenvalue weighted by atomic mass is 10.1. The quantitative estimate of drug-likeness (QED) is 0.646. The second-order valence-corrected chi connectivity index (χ2v) is 5.45. The topological polar surface area (TPSA) is 62.6 Å². The third-order valence-electron chi connectivity index (χ3n) is 3.53. The van der Waals surface area contributed by atoms with E-state index in [0.29, 0.717) is 12.0 Å². The van der Waals surface area contributed by atoms with E-state index in [9.17, 15) is 9.59 Å². The van der Waals surface area contributed by atoms with Crippen molar-refractivity contribution >= 4 is 12.2 Å². The third kappa shape index (κ3) is 5.62. The molecule has 0 aromatic carbocycles. The van der Waals surface area contributed by atoms with Crippen LogP contribution in [0.15, 0.2) is 52.8 Å². The highest BCUT2D eigenvalue weighted by Gasteiger charge is 2.10. The first-order chi connectivity index (χ1) is 11.2. The minimum absolute atomic E-state index is 0.119. The van der Waals surface area contributed by atoms with Crippen LogP contribution in [0.2, 0.25) is 0 Å². The van der Waals surface area contributed by atoms with E-state index < -0.39 is 0 Å². The van der Waals surface area contributed by atoms with Gasteiger partial charge in [-0.1, -0.05) is 12.2 Å². The zero-order valence-electron chi connectivity index (χ0n) is 13.3. The van der Waals surface area contributed by atoms with Gasteiger partial charge in [-0.2, -0.15) is 0 Å². The number of aldehydes is 1. The van der Waals surface area contributed by atoms with Gasteiger partial charge in [-0.25, -0.2) is 0 Å². The second kappa shape index (κ2) is 8.78. The average Bonchev–Trinajstić information content (AvgIpc) is 3.05. The van der Waals surface area contributed by atoms with Crippen molar-refractivity contribution in [1.82, 2.24) is 10.2 Å². The Morgan fingerprint density at radius 2 is 1.96 bits per heavy atom. The van der Waals surface area contributed by atoms with Crippen molar-refractivity contribution in [3.05, 3.63) is 59.9 Å². The van der Waals surface area contributed by atoms with Crippen molar-refractivity contribution < 1.29 is 14.0 Å². The van der Waals surface area contributed by atoms with Crippen molar-refractivity contribution in [1.29, 1.82) is 0 Å². The zero-order chi connectivity index (χ0) is 16.5. The van der Waals surface area contributed by atoms with Crippen LogP contribution in [0.4, 0.5) is 0 Å². The number of carbonyl (C=O) groups excluding carboxylic acids is 2. The zero-order valence-corrected chi connectivity index (χ0v) is 13.3. The Bertz CT molecular complexity index is 620. The predicted octanol–water partition coefficient (Wildman–Crippen LogP) is 3.28. The molecule has 5 nitrogen and oxygen atoms in total. The smallest absolute Gasteiger partial charge is 0.291 e. The second-order valence-electron chi connectivity index (χ2n) is 5.45. The standard InChI is InChI=1S/C18H22N2O3/c1-15(19-18(22)17-10-9-16(14-21)23-17)8-4-2-5-11-20-12-6-3-7-13-20/h2,4-5,8-11,14H,3,6-7,12-13H2,1H3,(H,19,22)/b4-2-,11-5+,15-8+. The highest BCUT2D eigenvalue weighted by molar-refractivity contribution is 5.93. The van der Waals surface area contributed by atoms with Gasteiger partial charge in [-0.15, -0.1) is 0 Å². The molecular formula is C18H22N2O3. The number of nitrogens with one attached hydrogen (secondary N) is 1. The van der Waals surface area contributed by atoms with Crippen LogP contribution < -0.4 is 5.32 Å². The molecule has 1 aliphatic rings. The summed E-state index contributed by atoms with van der Waals surface area (Å²) in [5.41, 5.74) is 0.696. The van der Waals surface area contributed by atoms with E-state index in [2.05, 4.69) is 16.4 Å². The lowest BCUT2D eigenvalue weighted by Gasteiger charge is -2.24. The van der Waals surface area contributed by atoms with Crippen LogP contribution >= 0.6 is 0 Å². The first-order valence-corrected chi connectivity index (χ1v) is 7.81. The number of nitrogens with zero attached hydrogens (tertiary/aromatic N) is 1. The van der Waals surface area contributed by atoms with E-state index in [0.717, 1.165) is 13.1 Å². The Morgan fingerprint density at radius 1 is 1.17 bits per heavy atom. The van der Waals surface area contributed by atoms with Crippen LogP contribution in [0, 0.1) is 0 Å². The van der Waals surface area contributed by atoms with Crippen molar-refractivity contribution in [2.45, 2.75) is 26.2 Å². The lowest BCUT2D eigenvalue weighted by molar-refractivity contribution is 0.0935. The molecule has 0 aliphatic carbocycles. The Kier molecular flexibility index (Phi) is 6.41. The van der Waals surface area contributed by atoms with Gasteiger partial charge in [-0.05, 0) is 56.7 Å². The van der Waals surface area contributed by atoms with Crippen LogP contribution in [0.3, 0.4) is 0 Å². The van der Waals surface area contributed by atoms with Gasteiger partial charge >= 0.3 is 0 Å². The van der Waals surface area contributed by atoms with E-state index in [4.69, 9.17) is 4.42 Å². The molecule has 5 heteroatoms. The number of hydrogen-bond donors (Lipinski definition) is 1. The Morgan fingerprint density at radius 3 is 2.65 bits per heavy atom. The maximum Gasteiger partial charge on any atom is 0.291 e. The average molecular weight is 314 g/mol. The Hall–Kier alpha value is -2.56. The fraction of sp³-hybridized carbons (Fsp3) is 0.333. The molecule has 0 atom stereocenters. The molecule has 0 radical (unpaired) electrons. The monoisotopic (exact) mass is 314 g/mol. The minimum Gasteiger partial charge on any atom is -0.448 e. The minimum atomic E-state index is -0.371. The molecule has 23 heavy (non-hydrogen) atoms. The highest BCUT2D eigenvalue weighted by Crippen LogP contribution is 2.08. The molecule has 1 aromatic rings. The summed E-state index contributed by atoms with van der Waals surface area (Å²) in [6.07, 6.45) is 14.1. The summed E-state index contributed by atoms with van der Waals surface area (Å²) < 4.78 is 5.06. The molecule has 0 spiro atoms. The van der Waals surface area contributed by atoms with Crippen LogP contribution in [-0.2, 0) is 0 Å². The van der Waals surface area contributed by atoms with Crippen LogP contribution in [-0.4, -0.2) is 30.2 Å². The highest BCUT2D eigenvalue weighted by atomic mass is 16.4. The van der Waals surface area contributed by atoms with Gasteiger partial charge < -0.3 is 14.6 Å². The number of likely N-dealkylation sites (tertiary alicyclic amines) is 1. The first-order valence-electron chi connectivity index (χ1n) is 7.81. The van der Waals surface area contributed by atoms with Crippen molar-refractivity contribution in [2.75, 3.05) is 13.1 Å². The summed E-state index contributed by atoms with van der Waals surface area (Å²) >= 11 is 0. The van der Waals surface area contributed by atoms with E-state index in [-0.39, 0.29) is 17.4 Å². The summed E-state index contributed by atoms with van der Waals surface area (Å²) in [4.78, 5) is 24.7. The molecule has 2 rings (SSSR count). The molecule has 1 saturated heterocycles. The summed E-state index contributed by atoms with van der Waals surface area (Å²) in [6.45, 7) is 4.04. The van der Waals surface area contributed by atoms with Gasteiger partial charge in [0.05, 0.1) is 0 Å². The fourth-order valence-electron chi connectivity index (χ4n) is 2.32. The number of carbonyl (C=O) groups is 2. The van der Waals surface area contributed by atoms with Crippen LogP contribution in [0.25, 0.3) is 0 Å². The molecule has 1 fully saturated rings. The van der Waals surface area contributed by atoms with Gasteiger partial charge in [0.15, 0.2) is 17.8 Å². The number of amides is 1. The van der Waals surface area contributed by atoms with Gasteiger partial charge in [0, 0.05) is 18.8 Å². The number of piperidine rings is 1. The Balaban J connectivity index is 1.79. The molecule has 1 N–H and O–H groups in total. The molecule has 1 amide bonds. The first kappa shape index (κ1) is 16.8. The van der Waals surface area contributed by atoms with Gasteiger partial charge in [0.25, 0.3) is 5.91 Å². The molecule has 0 bridgehead atoms. The fourth-order valence-corrected chi connectivity index (χ4v) is 2.32. The Labute approximate surface area is 136 Å². The van der Waals surface area contributed by atoms with Gasteiger partial charge in [-0.3, -0.25) is 9.59 Å². The van der Waals surface area contributed by atoms with Crippen molar-refractivity contribution in [2.24, 2.45) is 0 Å². The van der Waals surface area contributed by atoms with E-state index in [1.807, 2.05) is 24.3 Å². The molecule has 1 aliphatic heterocycles. The summed E-state index contributed by atoms with van der Waals surface area (Å²) in [5, 5.41) is 2.70. The predicted molar refractivity (Wildman–Crippen MR) is 89.0 cm³/mol. The van der Waals surface area contributed by atoms with Gasteiger partial charge in [0.1, 0.15) is 0 Å². The van der Waals surface area contributed by atoms with E-state index >= 15 is 0 Å². The molecule has 2 heterocycles. The summed E-state index contributed by atoms with van der Waals surface area (Å²) in [7, 11) is 0. The van der Waals surface area contributed by atoms with E-state index in [1.165, 1.54) is 31.4 Å². The maximum atomic E-state index is 11.9. The normalized spacial score (nSPS) is 16.2. The maximum absolute atomic E-state index is 11.9. The molecule has 1 aromatic heterocycles. The van der Waals surface area contributed by atoms with Crippen molar-refractivity contribution in [3.63, 3.8) is 0 Å². The van der Waals surface area contributed by atoms with Crippen LogP contribution in [0.1, 0.15) is 47.3 Å². The largest absolute Gasteiger partial charge is 0.448 e. The lowest BCUT2D eigenvalue weighted by Crippen LogP contribution is -2.23. The molecule has 0 unspecified atom stereocenters. The van der Waals surface area contributed by atoms with Gasteiger partial charge in [0.2, 0.25) is 0 Å². The molecule has 0 saturated carbocycles. The molecule has 122 valence electrons. The third-order valence-corrected chi connectivity index (χ3v) is 3.53. The molecular weight excluding hydrogens is 292 g/mol. The number of furan rings is 1. The van der Waals surface area contributed by atoms with E-state index in [1.54, 1.807) is 6.92 Å². The summed E-state index contributed by atoms with van der Waals surface area (Å²) in [6, 6.07) is 2.94. The number of rotatable bonds is 6. The SMILES string of the molecule is C\C(=C/C=C\C=C\N1CCCCC1)NC(=O)c1ccc(C=O)o1. The number of hydrogen-bond acceptors (Lipinski definition) is 4. The summed E-state index contributed by atoms with van der Waals surface area (Å²) in [5.74, 6) is -0.113. The van der Waals surface area contributed by atoms with Crippen LogP contribution in [0.5, 0.6) is 0 Å².